The molecule has 3 aromatic rings. The number of nitrogens with zero attached hydrogens (tertiary/aromatic N) is 2. The number of thiocarbonyl (C=S) groups is 1. The van der Waals surface area contributed by atoms with Crippen LogP contribution in [-0.2, 0) is 17.8 Å². The summed E-state index contributed by atoms with van der Waals surface area (Å²) in [4.78, 5) is 20.3. The van der Waals surface area contributed by atoms with Crippen molar-refractivity contribution in [1.29, 1.82) is 0 Å². The molecule has 0 atom stereocenters. The van der Waals surface area contributed by atoms with Gasteiger partial charge in [-0.1, -0.05) is 12.1 Å². The lowest BCUT2D eigenvalue weighted by atomic mass is 10.1. The van der Waals surface area contributed by atoms with E-state index in [4.69, 9.17) is 21.4 Å². The van der Waals surface area contributed by atoms with Crippen LogP contribution >= 0.6 is 12.2 Å². The third-order valence-corrected chi connectivity index (χ3v) is 6.13. The molecule has 8 heteroatoms. The van der Waals surface area contributed by atoms with E-state index in [2.05, 4.69) is 26.2 Å². The first-order valence-electron chi connectivity index (χ1n) is 11.1. The fourth-order valence-electron chi connectivity index (χ4n) is 3.93. The van der Waals surface area contributed by atoms with Gasteiger partial charge in [-0.15, -0.1) is 0 Å². The van der Waals surface area contributed by atoms with Crippen LogP contribution in [0.1, 0.15) is 23.3 Å². The van der Waals surface area contributed by atoms with Gasteiger partial charge in [0.2, 0.25) is 0 Å². The summed E-state index contributed by atoms with van der Waals surface area (Å²) in [7, 11) is 0. The predicted octanol–water partition coefficient (Wildman–Crippen LogP) is 3.03. The van der Waals surface area contributed by atoms with E-state index in [-0.39, 0.29) is 5.56 Å². The predicted molar refractivity (Wildman–Crippen MR) is 130 cm³/mol. The van der Waals surface area contributed by atoms with E-state index >= 15 is 0 Å². The molecule has 7 nitrogen and oxygen atoms in total. The number of H-pyrrole nitrogens is 1. The number of aromatic amines is 1. The number of benzene rings is 1. The summed E-state index contributed by atoms with van der Waals surface area (Å²) in [6.45, 7) is 8.23. The Morgan fingerprint density at radius 2 is 2.09 bits per heavy atom. The van der Waals surface area contributed by atoms with E-state index in [1.165, 1.54) is 0 Å². The van der Waals surface area contributed by atoms with Crippen molar-refractivity contribution in [2.75, 3.05) is 39.4 Å². The zero-order valence-electron chi connectivity index (χ0n) is 18.4. The zero-order chi connectivity index (χ0) is 22.3. The molecule has 0 bridgehead atoms. The van der Waals surface area contributed by atoms with Crippen molar-refractivity contribution in [3.8, 4) is 0 Å². The third-order valence-electron chi connectivity index (χ3n) is 5.73. The van der Waals surface area contributed by atoms with Gasteiger partial charge in [-0.05, 0) is 60.8 Å². The summed E-state index contributed by atoms with van der Waals surface area (Å²) in [5.74, 6) is 0.819. The Bertz CT molecular complexity index is 1090. The highest BCUT2D eigenvalue weighted by Crippen LogP contribution is 2.14. The summed E-state index contributed by atoms with van der Waals surface area (Å²) >= 11 is 5.70. The molecule has 0 saturated carbocycles. The number of aromatic nitrogens is 1. The minimum Gasteiger partial charge on any atom is -0.467 e. The Kier molecular flexibility index (Phi) is 7.57. The summed E-state index contributed by atoms with van der Waals surface area (Å²) in [6, 6.07) is 11.8. The fourth-order valence-corrected chi connectivity index (χ4v) is 4.16. The van der Waals surface area contributed by atoms with E-state index in [1.54, 1.807) is 6.26 Å². The van der Waals surface area contributed by atoms with Gasteiger partial charge in [0.15, 0.2) is 5.11 Å². The molecule has 1 aliphatic heterocycles. The normalized spacial score (nSPS) is 14.5. The topological polar surface area (TPSA) is 73.7 Å². The molecule has 0 unspecified atom stereocenters. The Labute approximate surface area is 193 Å². The quantitative estimate of drug-likeness (QED) is 0.507. The number of aryl methyl sites for hydroxylation is 1. The number of nitrogens with one attached hydrogen (secondary N) is 2. The Hall–Kier alpha value is -2.68. The lowest BCUT2D eigenvalue weighted by Gasteiger charge is -2.29. The molecule has 1 aromatic carbocycles. The smallest absolute Gasteiger partial charge is 0.253 e. The fraction of sp³-hybridized carbons (Fsp3) is 0.417. The van der Waals surface area contributed by atoms with Crippen molar-refractivity contribution in [2.45, 2.75) is 26.4 Å². The Morgan fingerprint density at radius 3 is 2.88 bits per heavy atom. The molecular weight excluding hydrogens is 424 g/mol. The number of furan rings is 1. The maximum atomic E-state index is 12.8. The summed E-state index contributed by atoms with van der Waals surface area (Å²) < 4.78 is 10.8. The van der Waals surface area contributed by atoms with Crippen LogP contribution in [0, 0.1) is 6.92 Å². The molecule has 2 aromatic heterocycles. The van der Waals surface area contributed by atoms with E-state index < -0.39 is 0 Å². The number of morpholine rings is 1. The van der Waals surface area contributed by atoms with Crippen LogP contribution < -0.4 is 10.9 Å². The first-order chi connectivity index (χ1) is 15.6. The minimum atomic E-state index is -0.0740. The molecule has 0 radical (unpaired) electrons. The zero-order valence-corrected chi connectivity index (χ0v) is 19.2. The first kappa shape index (κ1) is 22.5. The van der Waals surface area contributed by atoms with Gasteiger partial charge in [0.25, 0.3) is 5.56 Å². The summed E-state index contributed by atoms with van der Waals surface area (Å²) in [6.07, 6.45) is 2.60. The molecule has 1 saturated heterocycles. The lowest BCUT2D eigenvalue weighted by Crippen LogP contribution is -2.42. The van der Waals surface area contributed by atoms with E-state index in [1.807, 2.05) is 37.3 Å². The van der Waals surface area contributed by atoms with Crippen molar-refractivity contribution in [3.05, 3.63) is 69.9 Å². The maximum Gasteiger partial charge on any atom is 0.253 e. The van der Waals surface area contributed by atoms with Crippen molar-refractivity contribution in [2.24, 2.45) is 0 Å². The molecular formula is C24H30N4O3S. The van der Waals surface area contributed by atoms with Gasteiger partial charge < -0.3 is 24.4 Å². The van der Waals surface area contributed by atoms with E-state index in [9.17, 15) is 4.79 Å². The van der Waals surface area contributed by atoms with Gasteiger partial charge in [0.05, 0.1) is 32.6 Å². The Balaban J connectivity index is 1.46. The monoisotopic (exact) mass is 454 g/mol. The highest BCUT2D eigenvalue weighted by Gasteiger charge is 2.15. The molecule has 170 valence electrons. The van der Waals surface area contributed by atoms with Crippen LogP contribution in [-0.4, -0.2) is 59.3 Å². The Morgan fingerprint density at radius 1 is 1.25 bits per heavy atom. The number of rotatable bonds is 8. The van der Waals surface area contributed by atoms with Gasteiger partial charge in [-0.25, -0.2) is 0 Å². The van der Waals surface area contributed by atoms with Crippen LogP contribution in [0.15, 0.2) is 51.9 Å². The molecule has 0 spiro atoms. The van der Waals surface area contributed by atoms with Gasteiger partial charge in [-0.3, -0.25) is 9.69 Å². The van der Waals surface area contributed by atoms with Gasteiger partial charge in [0.1, 0.15) is 5.76 Å². The molecule has 1 aliphatic rings. The van der Waals surface area contributed by atoms with Crippen molar-refractivity contribution in [3.63, 3.8) is 0 Å². The van der Waals surface area contributed by atoms with Crippen molar-refractivity contribution >= 4 is 28.2 Å². The highest BCUT2D eigenvalue weighted by molar-refractivity contribution is 7.80. The highest BCUT2D eigenvalue weighted by atomic mass is 32.1. The summed E-state index contributed by atoms with van der Waals surface area (Å²) in [5, 5.41) is 4.91. The molecule has 2 N–H and O–H groups in total. The molecule has 32 heavy (non-hydrogen) atoms. The van der Waals surface area contributed by atoms with Crippen molar-refractivity contribution in [1.82, 2.24) is 20.1 Å². The number of pyridine rings is 1. The number of fused-ring (bicyclic) bond motifs is 1. The van der Waals surface area contributed by atoms with Crippen LogP contribution in [0.3, 0.4) is 0 Å². The SMILES string of the molecule is Cc1ccc2cc(CN(CCCN3CCOCC3)C(=S)NCc3ccco3)c(=O)[nH]c2c1. The average Bonchev–Trinajstić information content (AvgIpc) is 3.32. The minimum absolute atomic E-state index is 0.0740. The molecule has 0 amide bonds. The van der Waals surface area contributed by atoms with Gasteiger partial charge in [0, 0.05) is 37.3 Å². The summed E-state index contributed by atoms with van der Waals surface area (Å²) in [5.41, 5.74) is 2.61. The van der Waals surface area contributed by atoms with Gasteiger partial charge >= 0.3 is 0 Å². The largest absolute Gasteiger partial charge is 0.467 e. The first-order valence-corrected chi connectivity index (χ1v) is 11.5. The maximum absolute atomic E-state index is 12.8. The molecule has 0 aliphatic carbocycles. The second-order valence-corrected chi connectivity index (χ2v) is 8.57. The number of ether oxygens (including phenoxy) is 1. The van der Waals surface area contributed by atoms with Crippen LogP contribution in [0.5, 0.6) is 0 Å². The molecule has 3 heterocycles. The number of hydrogen-bond donors (Lipinski definition) is 2. The second-order valence-electron chi connectivity index (χ2n) is 8.18. The lowest BCUT2D eigenvalue weighted by molar-refractivity contribution is 0.0367. The molecule has 4 rings (SSSR count). The van der Waals surface area contributed by atoms with E-state index in [0.717, 1.165) is 68.0 Å². The van der Waals surface area contributed by atoms with Crippen molar-refractivity contribution < 1.29 is 9.15 Å². The number of hydrogen-bond acceptors (Lipinski definition) is 5. The standard InChI is InChI=1S/C24H30N4O3S/c1-18-5-6-19-15-20(23(29)26-22(19)14-18)17-28(8-3-7-27-9-12-30-13-10-27)24(32)25-16-21-4-2-11-31-21/h2,4-6,11,14-15H,3,7-10,12-13,16-17H2,1H3,(H,25,32)(H,26,29). The van der Waals surface area contributed by atoms with Crippen LogP contribution in [0.25, 0.3) is 10.9 Å². The van der Waals surface area contributed by atoms with Crippen LogP contribution in [0.2, 0.25) is 0 Å². The average molecular weight is 455 g/mol. The third kappa shape index (κ3) is 5.97. The van der Waals surface area contributed by atoms with Crippen LogP contribution in [0.4, 0.5) is 0 Å². The van der Waals surface area contributed by atoms with E-state index in [0.29, 0.717) is 23.8 Å². The second kappa shape index (κ2) is 10.8. The molecule has 1 fully saturated rings. The van der Waals surface area contributed by atoms with Gasteiger partial charge in [-0.2, -0.15) is 0 Å².